The second-order valence-corrected chi connectivity index (χ2v) is 3.92. The molecule has 0 saturated carbocycles. The predicted octanol–water partition coefficient (Wildman–Crippen LogP) is 0.276. The molecule has 4 N–H and O–H groups in total. The van der Waals surface area contributed by atoms with Crippen molar-refractivity contribution < 1.29 is 9.53 Å². The molecule has 2 heterocycles. The first kappa shape index (κ1) is 11.8. The number of nitrogens with two attached hydrogens (primary N) is 1. The van der Waals surface area contributed by atoms with Gasteiger partial charge in [0.15, 0.2) is 0 Å². The summed E-state index contributed by atoms with van der Waals surface area (Å²) in [5.74, 6) is 5.57. The minimum Gasteiger partial charge on any atom is -0.376 e. The van der Waals surface area contributed by atoms with E-state index in [1.807, 2.05) is 0 Å². The molecule has 17 heavy (non-hydrogen) atoms. The zero-order chi connectivity index (χ0) is 12.1. The van der Waals surface area contributed by atoms with Gasteiger partial charge in [-0.15, -0.1) is 0 Å². The summed E-state index contributed by atoms with van der Waals surface area (Å²) in [4.78, 5) is 15.7. The lowest BCUT2D eigenvalue weighted by Gasteiger charge is -2.10. The molecule has 1 aromatic heterocycles. The zero-order valence-electron chi connectivity index (χ0n) is 9.48. The van der Waals surface area contributed by atoms with E-state index in [9.17, 15) is 4.79 Å². The van der Waals surface area contributed by atoms with E-state index in [1.165, 1.54) is 6.20 Å². The van der Waals surface area contributed by atoms with Crippen LogP contribution in [0.25, 0.3) is 0 Å². The van der Waals surface area contributed by atoms with Crippen LogP contribution in [0.3, 0.4) is 0 Å². The van der Waals surface area contributed by atoms with Crippen LogP contribution >= 0.6 is 0 Å². The molecular formula is C11H16N4O2. The van der Waals surface area contributed by atoms with Gasteiger partial charge in [0.05, 0.1) is 11.7 Å². The Morgan fingerprint density at radius 2 is 2.47 bits per heavy atom. The van der Waals surface area contributed by atoms with Crippen molar-refractivity contribution in [1.82, 2.24) is 10.3 Å². The Balaban J connectivity index is 1.85. The Kier molecular flexibility index (Phi) is 3.89. The highest BCUT2D eigenvalue weighted by atomic mass is 16.5. The number of rotatable bonds is 4. The van der Waals surface area contributed by atoms with E-state index in [0.717, 1.165) is 19.4 Å². The first-order valence-corrected chi connectivity index (χ1v) is 5.62. The highest BCUT2D eigenvalue weighted by molar-refractivity contribution is 5.94. The van der Waals surface area contributed by atoms with Crippen LogP contribution in [0.4, 0.5) is 5.82 Å². The Morgan fingerprint density at radius 3 is 3.06 bits per heavy atom. The molecule has 1 aliphatic rings. The van der Waals surface area contributed by atoms with Crippen LogP contribution in [0.1, 0.15) is 23.2 Å². The van der Waals surface area contributed by atoms with Gasteiger partial charge in [0, 0.05) is 19.3 Å². The summed E-state index contributed by atoms with van der Waals surface area (Å²) in [6.45, 7) is 1.34. The fraction of sp³-hybridized carbons (Fsp3) is 0.455. The fourth-order valence-corrected chi connectivity index (χ4v) is 1.73. The van der Waals surface area contributed by atoms with Crippen LogP contribution in [0.5, 0.6) is 0 Å². The van der Waals surface area contributed by atoms with Crippen molar-refractivity contribution in [3.8, 4) is 0 Å². The first-order valence-electron chi connectivity index (χ1n) is 5.62. The van der Waals surface area contributed by atoms with Gasteiger partial charge in [-0.05, 0) is 25.0 Å². The topological polar surface area (TPSA) is 89.3 Å². The number of nitrogens with zero attached hydrogens (tertiary/aromatic N) is 1. The monoisotopic (exact) mass is 236 g/mol. The van der Waals surface area contributed by atoms with Gasteiger partial charge in [-0.25, -0.2) is 10.8 Å². The molecule has 1 atom stereocenters. The number of amides is 1. The number of anilines is 1. The Hall–Kier alpha value is -1.66. The average Bonchev–Trinajstić information content (AvgIpc) is 2.89. The van der Waals surface area contributed by atoms with Crippen LogP contribution < -0.4 is 16.6 Å². The fourth-order valence-electron chi connectivity index (χ4n) is 1.73. The molecule has 92 valence electrons. The summed E-state index contributed by atoms with van der Waals surface area (Å²) >= 11 is 0. The molecule has 2 rings (SSSR count). The van der Waals surface area contributed by atoms with E-state index in [0.29, 0.717) is 17.9 Å². The Labute approximate surface area is 99.5 Å². The number of hydrogen-bond donors (Lipinski definition) is 3. The van der Waals surface area contributed by atoms with Crippen LogP contribution in [0.15, 0.2) is 18.3 Å². The summed E-state index contributed by atoms with van der Waals surface area (Å²) in [5, 5.41) is 2.82. The second-order valence-electron chi connectivity index (χ2n) is 3.92. The number of hydrogen-bond acceptors (Lipinski definition) is 5. The molecule has 0 aliphatic carbocycles. The first-order chi connectivity index (χ1) is 8.29. The molecule has 0 radical (unpaired) electrons. The molecule has 6 heteroatoms. The SMILES string of the molecule is NNc1ccc(C(=O)NCC2CCCO2)cn1. The van der Waals surface area contributed by atoms with Crippen LogP contribution in [-0.2, 0) is 4.74 Å². The number of aromatic nitrogens is 1. The third-order valence-corrected chi connectivity index (χ3v) is 2.69. The Bertz CT molecular complexity index is 374. The quantitative estimate of drug-likeness (QED) is 0.516. The normalized spacial score (nSPS) is 19.0. The van der Waals surface area contributed by atoms with E-state index < -0.39 is 0 Å². The van der Waals surface area contributed by atoms with Crippen molar-refractivity contribution in [1.29, 1.82) is 0 Å². The van der Waals surface area contributed by atoms with Gasteiger partial charge in [0.25, 0.3) is 5.91 Å². The van der Waals surface area contributed by atoms with Gasteiger partial charge in [0.1, 0.15) is 5.82 Å². The van der Waals surface area contributed by atoms with E-state index in [1.54, 1.807) is 12.1 Å². The van der Waals surface area contributed by atoms with Gasteiger partial charge >= 0.3 is 0 Å². The highest BCUT2D eigenvalue weighted by Crippen LogP contribution is 2.11. The standard InChI is InChI=1S/C11H16N4O2/c12-15-10-4-3-8(6-13-10)11(16)14-7-9-2-1-5-17-9/h3-4,6,9H,1-2,5,7,12H2,(H,13,15)(H,14,16). The molecule has 1 unspecified atom stereocenters. The van der Waals surface area contributed by atoms with E-state index in [-0.39, 0.29) is 12.0 Å². The third-order valence-electron chi connectivity index (χ3n) is 2.69. The predicted molar refractivity (Wildman–Crippen MR) is 63.4 cm³/mol. The molecule has 0 spiro atoms. The number of nitrogens with one attached hydrogen (secondary N) is 2. The number of ether oxygens (including phenoxy) is 1. The Morgan fingerprint density at radius 1 is 1.59 bits per heavy atom. The van der Waals surface area contributed by atoms with Gasteiger partial charge in [-0.3, -0.25) is 4.79 Å². The van der Waals surface area contributed by atoms with Crippen molar-refractivity contribution in [2.24, 2.45) is 5.84 Å². The smallest absolute Gasteiger partial charge is 0.252 e. The van der Waals surface area contributed by atoms with E-state index in [4.69, 9.17) is 10.6 Å². The highest BCUT2D eigenvalue weighted by Gasteiger charge is 2.16. The van der Waals surface area contributed by atoms with Crippen LogP contribution in [0, 0.1) is 0 Å². The lowest BCUT2D eigenvalue weighted by molar-refractivity contribution is 0.0857. The summed E-state index contributed by atoms with van der Waals surface area (Å²) in [6, 6.07) is 3.33. The lowest BCUT2D eigenvalue weighted by atomic mass is 10.2. The van der Waals surface area contributed by atoms with E-state index >= 15 is 0 Å². The maximum absolute atomic E-state index is 11.7. The van der Waals surface area contributed by atoms with Gasteiger partial charge < -0.3 is 15.5 Å². The molecule has 0 aromatic carbocycles. The number of hydrazine groups is 1. The molecule has 1 fully saturated rings. The van der Waals surface area contributed by atoms with Gasteiger partial charge in [-0.2, -0.15) is 0 Å². The molecule has 1 amide bonds. The van der Waals surface area contributed by atoms with Crippen LogP contribution in [0.2, 0.25) is 0 Å². The maximum atomic E-state index is 11.7. The second kappa shape index (κ2) is 5.60. The molecule has 6 nitrogen and oxygen atoms in total. The minimum absolute atomic E-state index is 0.142. The molecular weight excluding hydrogens is 220 g/mol. The van der Waals surface area contributed by atoms with Crippen LogP contribution in [-0.4, -0.2) is 30.1 Å². The maximum Gasteiger partial charge on any atom is 0.252 e. The number of pyridine rings is 1. The third kappa shape index (κ3) is 3.15. The van der Waals surface area contributed by atoms with Crippen molar-refractivity contribution >= 4 is 11.7 Å². The molecule has 1 saturated heterocycles. The lowest BCUT2D eigenvalue weighted by Crippen LogP contribution is -2.31. The van der Waals surface area contributed by atoms with Gasteiger partial charge in [-0.1, -0.05) is 0 Å². The van der Waals surface area contributed by atoms with Crippen molar-refractivity contribution in [3.05, 3.63) is 23.9 Å². The minimum atomic E-state index is -0.142. The van der Waals surface area contributed by atoms with Crippen molar-refractivity contribution in [2.45, 2.75) is 18.9 Å². The van der Waals surface area contributed by atoms with Crippen molar-refractivity contribution in [3.63, 3.8) is 0 Å². The zero-order valence-corrected chi connectivity index (χ0v) is 9.48. The summed E-state index contributed by atoms with van der Waals surface area (Å²) in [7, 11) is 0. The largest absolute Gasteiger partial charge is 0.376 e. The average molecular weight is 236 g/mol. The molecule has 1 aromatic rings. The van der Waals surface area contributed by atoms with Gasteiger partial charge in [0.2, 0.25) is 0 Å². The number of carbonyl (C=O) groups is 1. The summed E-state index contributed by atoms with van der Waals surface area (Å²) in [6.07, 6.45) is 3.71. The molecule has 0 bridgehead atoms. The number of carbonyl (C=O) groups excluding carboxylic acids is 1. The summed E-state index contributed by atoms with van der Waals surface area (Å²) < 4.78 is 5.42. The van der Waals surface area contributed by atoms with E-state index in [2.05, 4.69) is 15.7 Å². The van der Waals surface area contributed by atoms with Crippen molar-refractivity contribution in [2.75, 3.05) is 18.6 Å². The summed E-state index contributed by atoms with van der Waals surface area (Å²) in [5.41, 5.74) is 2.92. The number of nitrogen functional groups attached to an aromatic ring is 1. The molecule has 1 aliphatic heterocycles.